The Hall–Kier alpha value is -1.51. The minimum atomic E-state index is -0.0940. The van der Waals surface area contributed by atoms with Crippen molar-refractivity contribution in [2.24, 2.45) is 0 Å². The summed E-state index contributed by atoms with van der Waals surface area (Å²) in [5.74, 6) is 0.244. The third-order valence-corrected chi connectivity index (χ3v) is 2.21. The Morgan fingerprint density at radius 3 is 2.47 bits per heavy atom. The van der Waals surface area contributed by atoms with Crippen LogP contribution in [0.2, 0.25) is 0 Å². The van der Waals surface area contributed by atoms with Crippen molar-refractivity contribution in [3.8, 4) is 5.75 Å². The molecule has 0 aliphatic heterocycles. The van der Waals surface area contributed by atoms with Crippen molar-refractivity contribution in [3.05, 3.63) is 29.8 Å². The second-order valence-corrected chi connectivity index (χ2v) is 3.87. The van der Waals surface area contributed by atoms with Gasteiger partial charge in [0.15, 0.2) is 0 Å². The highest BCUT2D eigenvalue weighted by Crippen LogP contribution is 2.08. The molecule has 0 unspecified atom stereocenters. The molecule has 17 heavy (non-hydrogen) atoms. The molecule has 0 bridgehead atoms. The second kappa shape index (κ2) is 9.70. The summed E-state index contributed by atoms with van der Waals surface area (Å²) in [5, 5.41) is 8.81. The number of unbranched alkanes of at least 4 members (excludes halogenated alkanes) is 2. The van der Waals surface area contributed by atoms with Gasteiger partial charge in [0, 0.05) is 6.42 Å². The van der Waals surface area contributed by atoms with Gasteiger partial charge in [0.25, 0.3) is 0 Å². The van der Waals surface area contributed by atoms with Gasteiger partial charge in [-0.2, -0.15) is 0 Å². The van der Waals surface area contributed by atoms with E-state index in [1.165, 1.54) is 7.11 Å². The number of carbonyl (C=O) groups excluding carboxylic acids is 1. The maximum Gasteiger partial charge on any atom is 0.305 e. The number of carbonyl (C=O) groups is 1. The van der Waals surface area contributed by atoms with E-state index in [-0.39, 0.29) is 5.97 Å². The van der Waals surface area contributed by atoms with Gasteiger partial charge in [0.05, 0.1) is 7.11 Å². The van der Waals surface area contributed by atoms with E-state index in [0.717, 1.165) is 24.8 Å². The molecule has 0 spiro atoms. The first kappa shape index (κ1) is 15.5. The van der Waals surface area contributed by atoms with Gasteiger partial charge in [0.2, 0.25) is 0 Å². The lowest BCUT2D eigenvalue weighted by molar-refractivity contribution is -0.140. The number of hydrogen-bond acceptors (Lipinski definition) is 3. The highest BCUT2D eigenvalue weighted by Gasteiger charge is 1.96. The molecule has 1 N–H and O–H groups in total. The average molecular weight is 238 g/mol. The fourth-order valence-electron chi connectivity index (χ4n) is 1.25. The van der Waals surface area contributed by atoms with Crippen molar-refractivity contribution in [2.45, 2.75) is 39.5 Å². The van der Waals surface area contributed by atoms with Crippen LogP contribution in [-0.4, -0.2) is 18.2 Å². The SMILES string of the molecule is CCCCCC(=O)OC.Cc1cccc(O)c1. The van der Waals surface area contributed by atoms with Crippen LogP contribution in [0.4, 0.5) is 0 Å². The van der Waals surface area contributed by atoms with Crippen LogP contribution in [0.3, 0.4) is 0 Å². The summed E-state index contributed by atoms with van der Waals surface area (Å²) in [6.45, 7) is 4.05. The highest BCUT2D eigenvalue weighted by atomic mass is 16.5. The van der Waals surface area contributed by atoms with E-state index in [0.29, 0.717) is 12.2 Å². The Bertz CT molecular complexity index is 304. The van der Waals surface area contributed by atoms with Gasteiger partial charge < -0.3 is 9.84 Å². The van der Waals surface area contributed by atoms with Gasteiger partial charge in [0.1, 0.15) is 5.75 Å². The zero-order chi connectivity index (χ0) is 13.1. The first-order valence-electron chi connectivity index (χ1n) is 5.92. The minimum absolute atomic E-state index is 0.0940. The Morgan fingerprint density at radius 2 is 2.06 bits per heavy atom. The largest absolute Gasteiger partial charge is 0.508 e. The van der Waals surface area contributed by atoms with Gasteiger partial charge >= 0.3 is 5.97 Å². The smallest absolute Gasteiger partial charge is 0.305 e. The standard InChI is InChI=1S/C7H14O2.C7H8O/c1-3-4-5-6-7(8)9-2;1-6-3-2-4-7(8)5-6/h3-6H2,1-2H3;2-5,8H,1H3. The van der Waals surface area contributed by atoms with Crippen LogP contribution in [-0.2, 0) is 9.53 Å². The molecule has 0 saturated carbocycles. The van der Waals surface area contributed by atoms with Crippen molar-refractivity contribution in [1.29, 1.82) is 0 Å². The normalized spacial score (nSPS) is 9.12. The highest BCUT2D eigenvalue weighted by molar-refractivity contribution is 5.68. The Kier molecular flexibility index (Phi) is 8.84. The molecule has 0 radical (unpaired) electrons. The van der Waals surface area contributed by atoms with E-state index in [1.54, 1.807) is 12.1 Å². The molecular formula is C14H22O3. The Morgan fingerprint density at radius 1 is 1.35 bits per heavy atom. The van der Waals surface area contributed by atoms with Gasteiger partial charge in [-0.25, -0.2) is 0 Å². The predicted octanol–water partition coefficient (Wildman–Crippen LogP) is 3.44. The molecule has 0 heterocycles. The van der Waals surface area contributed by atoms with E-state index in [4.69, 9.17) is 5.11 Å². The molecule has 0 amide bonds. The maximum absolute atomic E-state index is 10.5. The summed E-state index contributed by atoms with van der Waals surface area (Å²) in [5.41, 5.74) is 1.09. The molecule has 0 aromatic heterocycles. The Labute approximate surface area is 103 Å². The molecule has 1 rings (SSSR count). The van der Waals surface area contributed by atoms with Crippen LogP contribution in [0.1, 0.15) is 38.2 Å². The maximum atomic E-state index is 10.5. The van der Waals surface area contributed by atoms with Crippen LogP contribution < -0.4 is 0 Å². The molecule has 0 atom stereocenters. The van der Waals surface area contributed by atoms with E-state index >= 15 is 0 Å². The molecule has 3 heteroatoms. The minimum Gasteiger partial charge on any atom is -0.508 e. The van der Waals surface area contributed by atoms with Crippen molar-refractivity contribution in [1.82, 2.24) is 0 Å². The predicted molar refractivity (Wildman–Crippen MR) is 69.0 cm³/mol. The van der Waals surface area contributed by atoms with E-state index in [1.807, 2.05) is 19.1 Å². The monoisotopic (exact) mass is 238 g/mol. The lowest BCUT2D eigenvalue weighted by Gasteiger charge is -1.95. The molecule has 0 fully saturated rings. The molecule has 3 nitrogen and oxygen atoms in total. The molecule has 0 aliphatic rings. The van der Waals surface area contributed by atoms with Crippen LogP contribution in [0, 0.1) is 6.92 Å². The second-order valence-electron chi connectivity index (χ2n) is 3.87. The first-order chi connectivity index (χ1) is 8.10. The molecule has 0 saturated heterocycles. The van der Waals surface area contributed by atoms with Crippen molar-refractivity contribution >= 4 is 5.97 Å². The fraction of sp³-hybridized carbons (Fsp3) is 0.500. The van der Waals surface area contributed by atoms with Crippen molar-refractivity contribution in [2.75, 3.05) is 7.11 Å². The lowest BCUT2D eigenvalue weighted by atomic mass is 10.2. The van der Waals surface area contributed by atoms with Crippen molar-refractivity contribution < 1.29 is 14.6 Å². The van der Waals surface area contributed by atoms with Gasteiger partial charge in [-0.05, 0) is 31.0 Å². The summed E-state index contributed by atoms with van der Waals surface area (Å²) in [6.07, 6.45) is 3.81. The van der Waals surface area contributed by atoms with E-state index < -0.39 is 0 Å². The number of aryl methyl sites for hydroxylation is 1. The summed E-state index contributed by atoms with van der Waals surface area (Å²) >= 11 is 0. The number of hydrogen-bond donors (Lipinski definition) is 1. The molecule has 1 aromatic rings. The quantitative estimate of drug-likeness (QED) is 0.645. The fourth-order valence-corrected chi connectivity index (χ4v) is 1.25. The summed E-state index contributed by atoms with van der Waals surface area (Å²) in [6, 6.07) is 7.15. The van der Waals surface area contributed by atoms with Gasteiger partial charge in [-0.3, -0.25) is 4.79 Å². The van der Waals surface area contributed by atoms with Crippen LogP contribution in [0.25, 0.3) is 0 Å². The number of ether oxygens (including phenoxy) is 1. The zero-order valence-corrected chi connectivity index (χ0v) is 10.9. The molecule has 96 valence electrons. The lowest BCUT2D eigenvalue weighted by Crippen LogP contribution is -1.98. The number of benzene rings is 1. The number of phenolic OH excluding ortho intramolecular Hbond substituents is 1. The van der Waals surface area contributed by atoms with Crippen molar-refractivity contribution in [3.63, 3.8) is 0 Å². The van der Waals surface area contributed by atoms with Gasteiger partial charge in [-0.15, -0.1) is 0 Å². The third-order valence-electron chi connectivity index (χ3n) is 2.21. The van der Waals surface area contributed by atoms with E-state index in [9.17, 15) is 4.79 Å². The topological polar surface area (TPSA) is 46.5 Å². The van der Waals surface area contributed by atoms with Gasteiger partial charge in [-0.1, -0.05) is 31.9 Å². The number of aromatic hydroxyl groups is 1. The summed E-state index contributed by atoms with van der Waals surface area (Å²) < 4.78 is 4.46. The zero-order valence-electron chi connectivity index (χ0n) is 10.9. The van der Waals surface area contributed by atoms with Crippen LogP contribution >= 0.6 is 0 Å². The molecule has 0 aliphatic carbocycles. The van der Waals surface area contributed by atoms with Crippen LogP contribution in [0.5, 0.6) is 5.75 Å². The number of phenols is 1. The molecular weight excluding hydrogens is 216 g/mol. The van der Waals surface area contributed by atoms with E-state index in [2.05, 4.69) is 11.7 Å². The first-order valence-corrected chi connectivity index (χ1v) is 5.92. The Balaban J connectivity index is 0.000000302. The molecule has 1 aromatic carbocycles. The van der Waals surface area contributed by atoms with Crippen LogP contribution in [0.15, 0.2) is 24.3 Å². The number of rotatable bonds is 4. The average Bonchev–Trinajstić information content (AvgIpc) is 2.29. The summed E-state index contributed by atoms with van der Waals surface area (Å²) in [7, 11) is 1.42. The summed E-state index contributed by atoms with van der Waals surface area (Å²) in [4.78, 5) is 10.5. The number of esters is 1. The number of methoxy groups -OCH3 is 1. The third kappa shape index (κ3) is 9.42.